The van der Waals surface area contributed by atoms with Gasteiger partial charge in [-0.25, -0.2) is 0 Å². The summed E-state index contributed by atoms with van der Waals surface area (Å²) in [6, 6.07) is 21.2. The van der Waals surface area contributed by atoms with E-state index in [2.05, 4.69) is 5.32 Å². The fourth-order valence-corrected chi connectivity index (χ4v) is 3.39. The monoisotopic (exact) mass is 429 g/mol. The zero-order valence-corrected chi connectivity index (χ0v) is 17.9. The summed E-state index contributed by atoms with van der Waals surface area (Å²) in [4.78, 5) is 25.1. The van der Waals surface area contributed by atoms with Crippen LogP contribution in [0.1, 0.15) is 12.5 Å². The summed E-state index contributed by atoms with van der Waals surface area (Å²) < 4.78 is 16.5. The summed E-state index contributed by atoms with van der Waals surface area (Å²) in [6.07, 6.45) is 0.216. The summed E-state index contributed by atoms with van der Waals surface area (Å²) in [5.41, 5.74) is 2.46. The minimum atomic E-state index is -0.179. The highest BCUT2D eigenvalue weighted by molar-refractivity contribution is 5.94. The van der Waals surface area contributed by atoms with Gasteiger partial charge in [0.25, 0.3) is 0 Å². The number of hydrogen-bond acceptors (Lipinski definition) is 5. The molecule has 0 fully saturated rings. The van der Waals surface area contributed by atoms with Gasteiger partial charge >= 0.3 is 0 Å². The Morgan fingerprint density at radius 2 is 1.66 bits per heavy atom. The molecule has 1 N–H and O–H groups in total. The molecule has 0 aliphatic heterocycles. The van der Waals surface area contributed by atoms with Gasteiger partial charge in [-0.2, -0.15) is 0 Å². The van der Waals surface area contributed by atoms with Gasteiger partial charge in [-0.1, -0.05) is 12.1 Å². The van der Waals surface area contributed by atoms with Crippen molar-refractivity contribution in [2.45, 2.75) is 13.3 Å². The van der Waals surface area contributed by atoms with Crippen LogP contribution in [0.3, 0.4) is 0 Å². The van der Waals surface area contributed by atoms with Gasteiger partial charge in [-0.05, 0) is 67.1 Å². The van der Waals surface area contributed by atoms with Crippen molar-refractivity contribution in [2.75, 3.05) is 19.0 Å². The van der Waals surface area contributed by atoms with E-state index in [1.54, 1.807) is 25.3 Å². The van der Waals surface area contributed by atoms with Crippen LogP contribution in [0, 0.1) is 0 Å². The molecule has 1 amide bonds. The van der Waals surface area contributed by atoms with E-state index in [1.165, 1.54) is 6.07 Å². The quantitative estimate of drug-likeness (QED) is 0.445. The van der Waals surface area contributed by atoms with Gasteiger partial charge in [0.2, 0.25) is 5.91 Å². The van der Waals surface area contributed by atoms with Gasteiger partial charge < -0.3 is 19.2 Å². The fourth-order valence-electron chi connectivity index (χ4n) is 3.39. The van der Waals surface area contributed by atoms with E-state index in [1.807, 2.05) is 55.5 Å². The molecule has 0 radical (unpaired) electrons. The number of anilines is 1. The number of rotatable bonds is 7. The molecule has 4 rings (SSSR count). The molecule has 1 aromatic heterocycles. The van der Waals surface area contributed by atoms with E-state index in [-0.39, 0.29) is 17.8 Å². The normalized spacial score (nSPS) is 10.7. The van der Waals surface area contributed by atoms with Crippen LogP contribution in [0.25, 0.3) is 22.3 Å². The number of ether oxygens (including phenoxy) is 2. The summed E-state index contributed by atoms with van der Waals surface area (Å²) in [7, 11) is 1.60. The lowest BCUT2D eigenvalue weighted by Gasteiger charge is -2.08. The van der Waals surface area contributed by atoms with Crippen LogP contribution in [0.4, 0.5) is 5.69 Å². The molecular weight excluding hydrogens is 406 g/mol. The molecule has 3 aromatic carbocycles. The first-order valence-electron chi connectivity index (χ1n) is 10.3. The molecule has 32 heavy (non-hydrogen) atoms. The minimum Gasteiger partial charge on any atom is -0.497 e. The van der Waals surface area contributed by atoms with Gasteiger partial charge in [0, 0.05) is 17.3 Å². The van der Waals surface area contributed by atoms with Crippen LogP contribution in [-0.4, -0.2) is 19.6 Å². The summed E-state index contributed by atoms with van der Waals surface area (Å²) >= 11 is 0. The Morgan fingerprint density at radius 1 is 0.938 bits per heavy atom. The van der Waals surface area contributed by atoms with Crippen molar-refractivity contribution >= 4 is 22.6 Å². The number of methoxy groups -OCH3 is 1. The van der Waals surface area contributed by atoms with Gasteiger partial charge in [0.15, 0.2) is 5.43 Å². The van der Waals surface area contributed by atoms with Crippen LogP contribution in [0.2, 0.25) is 0 Å². The molecule has 6 heteroatoms. The molecule has 0 spiro atoms. The first-order chi connectivity index (χ1) is 15.6. The maximum absolute atomic E-state index is 12.7. The molecule has 162 valence electrons. The number of hydrogen-bond donors (Lipinski definition) is 1. The third-order valence-corrected chi connectivity index (χ3v) is 4.98. The van der Waals surface area contributed by atoms with Crippen LogP contribution in [-0.2, 0) is 11.2 Å². The standard InChI is InChI=1S/C26H23NO5/c1-3-31-21-11-6-18(7-12-21)25-16-23(28)22-15-19(8-13-24(22)32-25)27-26(29)14-17-4-9-20(30-2)10-5-17/h4-13,15-16H,3,14H2,1-2H3,(H,27,29). The highest BCUT2D eigenvalue weighted by atomic mass is 16.5. The Bertz CT molecular complexity index is 1290. The molecular formula is C26H23NO5. The average Bonchev–Trinajstić information content (AvgIpc) is 2.80. The number of fused-ring (bicyclic) bond motifs is 1. The minimum absolute atomic E-state index is 0.176. The van der Waals surface area contributed by atoms with Gasteiger partial charge in [-0.3, -0.25) is 9.59 Å². The van der Waals surface area contributed by atoms with Crippen LogP contribution in [0.5, 0.6) is 11.5 Å². The van der Waals surface area contributed by atoms with Crippen molar-refractivity contribution < 1.29 is 18.7 Å². The molecule has 6 nitrogen and oxygen atoms in total. The molecule has 0 unspecified atom stereocenters. The summed E-state index contributed by atoms with van der Waals surface area (Å²) in [5.74, 6) is 1.79. The average molecular weight is 429 g/mol. The predicted molar refractivity (Wildman–Crippen MR) is 124 cm³/mol. The zero-order chi connectivity index (χ0) is 22.5. The van der Waals surface area contributed by atoms with Crippen LogP contribution >= 0.6 is 0 Å². The summed E-state index contributed by atoms with van der Waals surface area (Å²) in [6.45, 7) is 2.51. The van der Waals surface area contributed by atoms with Crippen LogP contribution < -0.4 is 20.2 Å². The highest BCUT2D eigenvalue weighted by Crippen LogP contribution is 2.26. The smallest absolute Gasteiger partial charge is 0.228 e. The largest absolute Gasteiger partial charge is 0.497 e. The van der Waals surface area contributed by atoms with Crippen molar-refractivity contribution in [3.8, 4) is 22.8 Å². The zero-order valence-electron chi connectivity index (χ0n) is 17.9. The molecule has 0 saturated heterocycles. The molecule has 1 heterocycles. The number of carbonyl (C=O) groups excluding carboxylic acids is 1. The number of amides is 1. The van der Waals surface area contributed by atoms with E-state index in [0.29, 0.717) is 29.0 Å². The molecule has 4 aromatic rings. The lowest BCUT2D eigenvalue weighted by atomic mass is 10.1. The number of carbonyl (C=O) groups is 1. The third-order valence-electron chi connectivity index (χ3n) is 4.98. The Labute approximate surface area is 185 Å². The second kappa shape index (κ2) is 9.39. The van der Waals surface area contributed by atoms with Crippen molar-refractivity contribution in [3.05, 3.63) is 88.6 Å². The van der Waals surface area contributed by atoms with Crippen molar-refractivity contribution in [1.82, 2.24) is 0 Å². The predicted octanol–water partition coefficient (Wildman–Crippen LogP) is 5.05. The first kappa shape index (κ1) is 21.2. The Morgan fingerprint density at radius 3 is 2.34 bits per heavy atom. The van der Waals surface area contributed by atoms with Gasteiger partial charge in [0.1, 0.15) is 22.8 Å². The van der Waals surface area contributed by atoms with Crippen molar-refractivity contribution in [2.24, 2.45) is 0 Å². The van der Waals surface area contributed by atoms with E-state index in [4.69, 9.17) is 13.9 Å². The lowest BCUT2D eigenvalue weighted by molar-refractivity contribution is -0.115. The van der Waals surface area contributed by atoms with Crippen molar-refractivity contribution in [3.63, 3.8) is 0 Å². The maximum Gasteiger partial charge on any atom is 0.228 e. The van der Waals surface area contributed by atoms with Crippen molar-refractivity contribution in [1.29, 1.82) is 0 Å². The third kappa shape index (κ3) is 4.81. The van der Waals surface area contributed by atoms with E-state index < -0.39 is 0 Å². The fraction of sp³-hybridized carbons (Fsp3) is 0.154. The highest BCUT2D eigenvalue weighted by Gasteiger charge is 2.10. The Kier molecular flexibility index (Phi) is 6.22. The van der Waals surface area contributed by atoms with E-state index >= 15 is 0 Å². The second-order valence-electron chi connectivity index (χ2n) is 7.22. The van der Waals surface area contributed by atoms with Crippen LogP contribution in [0.15, 0.2) is 82.0 Å². The molecule has 0 saturated carbocycles. The number of benzene rings is 3. The molecule has 0 atom stereocenters. The molecule has 0 aliphatic carbocycles. The summed E-state index contributed by atoms with van der Waals surface area (Å²) in [5, 5.41) is 3.24. The van der Waals surface area contributed by atoms with E-state index in [9.17, 15) is 9.59 Å². The Hall–Kier alpha value is -4.06. The number of nitrogens with one attached hydrogen (secondary N) is 1. The topological polar surface area (TPSA) is 77.8 Å². The second-order valence-corrected chi connectivity index (χ2v) is 7.22. The van der Waals surface area contributed by atoms with Gasteiger partial charge in [0.05, 0.1) is 25.5 Å². The molecule has 0 bridgehead atoms. The maximum atomic E-state index is 12.7. The first-order valence-corrected chi connectivity index (χ1v) is 10.3. The van der Waals surface area contributed by atoms with E-state index in [0.717, 1.165) is 22.6 Å². The lowest BCUT2D eigenvalue weighted by Crippen LogP contribution is -2.14. The molecule has 0 aliphatic rings. The van der Waals surface area contributed by atoms with Gasteiger partial charge in [-0.15, -0.1) is 0 Å². The Balaban J connectivity index is 1.52. The SMILES string of the molecule is CCOc1ccc(-c2cc(=O)c3cc(NC(=O)Cc4ccc(OC)cc4)ccc3o2)cc1.